The van der Waals surface area contributed by atoms with Crippen molar-refractivity contribution in [3.8, 4) is 0 Å². The second-order valence-corrected chi connectivity index (χ2v) is 24.2. The molecule has 3 saturated heterocycles. The molecule has 81 heavy (non-hydrogen) atoms. The molecule has 0 aliphatic carbocycles. The van der Waals surface area contributed by atoms with E-state index in [2.05, 4.69) is 53.8 Å². The number of imidazole rings is 3. The van der Waals surface area contributed by atoms with E-state index in [4.69, 9.17) is 54.2 Å². The SMILES string of the molecule is CCCNC(=O)CC1[C@@H](O)C([n+]2cn(C)c3c(=O)[nH]c(N)nc32)O[C@@H]1COP(=O)(O)OP(=O)(O)OP(=O)(O)OC[C@H]1O[C@@H](n2cnc3c(N)ncnc32)[C@H](OC)[C@@H]1OP(=O)([O-])OC[C@H]1O[C@@H](n2cnc3c(=O)[nH]c(N)nc32)[C@H](O)[C@@H]1O. The number of aliphatic hydroxyl groups excluding tert-OH is 3. The molecule has 6 aromatic heterocycles. The van der Waals surface area contributed by atoms with E-state index in [9.17, 15) is 67.5 Å². The van der Waals surface area contributed by atoms with Gasteiger partial charge in [0, 0.05) is 26.0 Å². The molecule has 3 fully saturated rings. The first kappa shape index (κ1) is 60.0. The number of rotatable bonds is 23. The largest absolute Gasteiger partial charge is 0.756 e. The van der Waals surface area contributed by atoms with Crippen molar-refractivity contribution in [2.24, 2.45) is 13.0 Å². The minimum Gasteiger partial charge on any atom is -0.756 e. The molecule has 15 N–H and O–H groups in total. The minimum atomic E-state index is -6.25. The van der Waals surface area contributed by atoms with E-state index in [0.717, 1.165) is 30.7 Å². The number of nitrogens with one attached hydrogen (secondary N) is 3. The van der Waals surface area contributed by atoms with E-state index >= 15 is 0 Å². The van der Waals surface area contributed by atoms with Gasteiger partial charge in [0.15, 0.2) is 41.4 Å². The Morgan fingerprint density at radius 1 is 0.778 bits per heavy atom. The monoisotopic (exact) mass is 1230 g/mol. The summed E-state index contributed by atoms with van der Waals surface area (Å²) >= 11 is 0. The zero-order valence-electron chi connectivity index (χ0n) is 42.0. The average molecular weight is 1230 g/mol. The third-order valence-corrected chi connectivity index (χ3v) is 17.9. The van der Waals surface area contributed by atoms with Crippen LogP contribution in [0.2, 0.25) is 0 Å². The van der Waals surface area contributed by atoms with Crippen molar-refractivity contribution in [2.75, 3.05) is 50.7 Å². The third kappa shape index (κ3) is 12.7. The Hall–Kier alpha value is -5.64. The molecule has 3 aliphatic heterocycles. The smallest absolute Gasteiger partial charge is 0.490 e. The summed E-state index contributed by atoms with van der Waals surface area (Å²) in [5.74, 6) is -2.57. The number of phosphoric ester groups is 3. The van der Waals surface area contributed by atoms with E-state index in [0.29, 0.717) is 6.42 Å². The molecule has 0 radical (unpaired) electrons. The van der Waals surface area contributed by atoms with Crippen molar-refractivity contribution in [3.63, 3.8) is 0 Å². The highest BCUT2D eigenvalue weighted by Gasteiger charge is 2.53. The van der Waals surface area contributed by atoms with Crippen LogP contribution in [0, 0.1) is 5.92 Å². The number of phosphoric acid groups is 4. The van der Waals surface area contributed by atoms with Gasteiger partial charge in [0.05, 0.1) is 45.6 Å². The van der Waals surface area contributed by atoms with Gasteiger partial charge < -0.3 is 85.4 Å². The first-order valence-electron chi connectivity index (χ1n) is 23.7. The van der Waals surface area contributed by atoms with Crippen LogP contribution in [0.1, 0.15) is 38.4 Å². The number of carbonyl (C=O) groups is 1. The maximum atomic E-state index is 13.6. The summed E-state index contributed by atoms with van der Waals surface area (Å²) in [5, 5.41) is 35.9. The molecule has 6 aromatic rings. The fourth-order valence-electron chi connectivity index (χ4n) is 9.17. The Bertz CT molecular complexity index is 3660. The number of anilines is 3. The molecular weight excluding hydrogens is 1180 g/mol. The summed E-state index contributed by atoms with van der Waals surface area (Å²) in [6, 6.07) is 0. The lowest BCUT2D eigenvalue weighted by Crippen LogP contribution is -2.45. The molecule has 0 bridgehead atoms. The number of hydrogen-bond acceptors (Lipinski definition) is 30. The number of H-pyrrole nitrogens is 2. The van der Waals surface area contributed by atoms with Crippen molar-refractivity contribution in [3.05, 3.63) is 46.0 Å². The van der Waals surface area contributed by atoms with Gasteiger partial charge in [0.1, 0.15) is 54.6 Å². The molecule has 1 amide bonds. The molecule has 444 valence electrons. The van der Waals surface area contributed by atoms with Gasteiger partial charge in [-0.05, 0) is 6.42 Å². The molecule has 44 heteroatoms. The predicted octanol–water partition coefficient (Wildman–Crippen LogP) is -4.17. The van der Waals surface area contributed by atoms with Crippen LogP contribution in [-0.2, 0) is 75.8 Å². The fraction of sp³-hybridized carbons (Fsp3) is 0.568. The van der Waals surface area contributed by atoms with Crippen LogP contribution in [0.3, 0.4) is 0 Å². The van der Waals surface area contributed by atoms with Crippen LogP contribution in [0.5, 0.6) is 0 Å². The molecule has 0 aromatic carbocycles. The maximum Gasteiger partial charge on any atom is 0.490 e. The first-order chi connectivity index (χ1) is 38.1. The molecule has 40 nitrogen and oxygen atoms in total. The Morgan fingerprint density at radius 3 is 2.07 bits per heavy atom. The quantitative estimate of drug-likeness (QED) is 0.0214. The molecule has 3 aliphatic rings. The van der Waals surface area contributed by atoms with E-state index in [1.54, 1.807) is 6.92 Å². The topological polar surface area (TPSA) is 574 Å². The summed E-state index contributed by atoms with van der Waals surface area (Å²) in [4.78, 5) is 112. The number of hydrogen-bond donors (Lipinski definition) is 12. The van der Waals surface area contributed by atoms with Crippen LogP contribution in [0.25, 0.3) is 33.5 Å². The van der Waals surface area contributed by atoms with Crippen molar-refractivity contribution in [1.29, 1.82) is 0 Å². The summed E-state index contributed by atoms with van der Waals surface area (Å²) in [5.41, 5.74) is 15.5. The number of carbonyl (C=O) groups excluding carboxylic acids is 1. The lowest BCUT2D eigenvalue weighted by molar-refractivity contribution is -0.745. The van der Waals surface area contributed by atoms with E-state index in [1.165, 1.54) is 27.1 Å². The Kier molecular flexibility index (Phi) is 17.2. The Labute approximate surface area is 451 Å². The summed E-state index contributed by atoms with van der Waals surface area (Å²) in [6.45, 7) is -1.41. The van der Waals surface area contributed by atoms with Gasteiger partial charge in [-0.1, -0.05) is 11.9 Å². The third-order valence-electron chi connectivity index (χ3n) is 12.7. The second-order valence-electron chi connectivity index (χ2n) is 18.2. The number of nitrogens with two attached hydrogens (primary N) is 3. The molecule has 6 unspecified atom stereocenters. The number of ether oxygens (including phenoxy) is 4. The van der Waals surface area contributed by atoms with Crippen LogP contribution in [-0.4, -0.2) is 172 Å². The molecule has 9 rings (SSSR count). The van der Waals surface area contributed by atoms with Gasteiger partial charge in [-0.2, -0.15) is 13.6 Å². The predicted molar refractivity (Wildman–Crippen MR) is 262 cm³/mol. The molecule has 0 spiro atoms. The number of aromatic nitrogens is 12. The molecule has 0 saturated carbocycles. The zero-order valence-corrected chi connectivity index (χ0v) is 45.6. The molecule has 9 heterocycles. The summed E-state index contributed by atoms with van der Waals surface area (Å²) < 4.78 is 110. The van der Waals surface area contributed by atoms with E-state index in [1.807, 2.05) is 0 Å². The minimum absolute atomic E-state index is 0.0102. The maximum absolute atomic E-state index is 13.6. The van der Waals surface area contributed by atoms with Gasteiger partial charge in [-0.25, -0.2) is 38.2 Å². The highest BCUT2D eigenvalue weighted by Crippen LogP contribution is 2.68. The lowest BCUT2D eigenvalue weighted by atomic mass is 9.94. The Morgan fingerprint density at radius 2 is 1.40 bits per heavy atom. The Balaban J connectivity index is 0.878. The van der Waals surface area contributed by atoms with Crippen LogP contribution >= 0.6 is 31.3 Å². The van der Waals surface area contributed by atoms with Gasteiger partial charge in [0.2, 0.25) is 23.6 Å². The van der Waals surface area contributed by atoms with Crippen molar-refractivity contribution in [1.82, 2.24) is 58.9 Å². The number of aryl methyl sites for hydroxylation is 1. The number of nitrogen functional groups attached to an aromatic ring is 3. The number of fused-ring (bicyclic) bond motifs is 3. The number of methoxy groups -OCH3 is 1. The lowest BCUT2D eigenvalue weighted by Gasteiger charge is -2.31. The molecule has 16 atom stereocenters. The van der Waals surface area contributed by atoms with Crippen LogP contribution in [0.4, 0.5) is 17.7 Å². The van der Waals surface area contributed by atoms with Gasteiger partial charge in [-0.15, -0.1) is 0 Å². The van der Waals surface area contributed by atoms with Crippen molar-refractivity contribution in [2.45, 2.75) is 87.3 Å². The first-order valence-corrected chi connectivity index (χ1v) is 29.6. The number of nitrogens with zero attached hydrogens (tertiary/aromatic N) is 10. The number of amides is 1. The van der Waals surface area contributed by atoms with E-state index in [-0.39, 0.29) is 57.8 Å². The van der Waals surface area contributed by atoms with Gasteiger partial charge in [0.25, 0.3) is 24.9 Å². The van der Waals surface area contributed by atoms with Gasteiger partial charge in [-0.3, -0.25) is 51.7 Å². The van der Waals surface area contributed by atoms with Gasteiger partial charge >= 0.3 is 29.1 Å². The average Bonchev–Trinajstić information content (AvgIpc) is 4.43. The molecular formula is C37H52N16O24P4. The second kappa shape index (κ2) is 23.2. The van der Waals surface area contributed by atoms with Crippen molar-refractivity contribution < 1.29 is 108 Å². The highest BCUT2D eigenvalue weighted by molar-refractivity contribution is 7.66. The standard InChI is InChI=1S/C37H52N16O24P4/c1-4-5-41-18(54)6-14-15(72-33(22(14)55)53-13-50(2)21-30(53)47-37(40)49-32(21)59)7-70-79(62,63)76-81(66,67)77-80(64,65)71-9-17-25(26(68-3)35(74-17)51-11-44-19-27(38)42-10-43-28(19)51)75-78(60,61)69-8-16-23(56)24(57)34(73-16)52-12-45-20-29(52)46-36(39)48-31(20)58/h10-17,22-26,33-35,55-57H,4-9H2,1-3H3,(H12-,38,39,40,41,42,43,46,47,48,49,54,58,59,60,61,62,63,64,65,66,67)/t14?,15-,16-,17-,22-,23-,24-,25-,26-,33?,34-,35-/m1/s1. The zero-order chi connectivity index (χ0) is 58.7. The van der Waals surface area contributed by atoms with Crippen molar-refractivity contribution >= 4 is 88.4 Å². The fourth-order valence-corrected chi connectivity index (χ4v) is 13.6. The van der Waals surface area contributed by atoms with Crippen LogP contribution in [0.15, 0.2) is 34.9 Å². The summed E-state index contributed by atoms with van der Waals surface area (Å²) in [7, 11) is -21.3. The number of aliphatic hydroxyl groups is 3. The van der Waals surface area contributed by atoms with E-state index < -0.39 is 148 Å². The number of aromatic amines is 2. The highest BCUT2D eigenvalue weighted by atomic mass is 31.3. The summed E-state index contributed by atoms with van der Waals surface area (Å²) in [6.07, 6.45) is -13.7. The van der Waals surface area contributed by atoms with Crippen LogP contribution < -0.4 is 43.1 Å². The normalized spacial score (nSPS) is 29.0.